The number of likely N-dealkylation sites (tertiary alicyclic amines) is 2. The summed E-state index contributed by atoms with van der Waals surface area (Å²) < 4.78 is 67.9. The van der Waals surface area contributed by atoms with Crippen LogP contribution >= 0.6 is 11.3 Å². The van der Waals surface area contributed by atoms with Crippen molar-refractivity contribution in [1.29, 1.82) is 5.26 Å². The Balaban J connectivity index is 1.03. The van der Waals surface area contributed by atoms with E-state index < -0.39 is 22.6 Å². The molecule has 280 valence electrons. The average Bonchev–Trinajstić information content (AvgIpc) is 3.86. The van der Waals surface area contributed by atoms with Crippen molar-refractivity contribution < 1.29 is 21.6 Å². The first-order valence-electron chi connectivity index (χ1n) is 17.9. The van der Waals surface area contributed by atoms with Gasteiger partial charge in [-0.2, -0.15) is 23.4 Å². The van der Waals surface area contributed by atoms with E-state index in [0.717, 1.165) is 93.7 Å². The Morgan fingerprint density at radius 2 is 1.85 bits per heavy atom. The first kappa shape index (κ1) is 36.9. The quantitative estimate of drug-likeness (QED) is 0.217. The number of halogens is 3. The monoisotopic (exact) mass is 757 g/mol. The molecule has 6 heterocycles. The van der Waals surface area contributed by atoms with Crippen LogP contribution in [-0.2, 0) is 29.5 Å². The first-order valence-corrected chi connectivity index (χ1v) is 20.6. The van der Waals surface area contributed by atoms with Crippen molar-refractivity contribution in [2.24, 2.45) is 5.41 Å². The Hall–Kier alpha value is -3.49. The Labute approximate surface area is 306 Å². The number of aromatic nitrogens is 3. The van der Waals surface area contributed by atoms with Crippen LogP contribution in [0.15, 0.2) is 24.3 Å². The summed E-state index contributed by atoms with van der Waals surface area (Å²) in [6.45, 7) is 10.8. The lowest BCUT2D eigenvalue weighted by atomic mass is 9.86. The Kier molecular flexibility index (Phi) is 9.96. The van der Waals surface area contributed by atoms with E-state index >= 15 is 0 Å². The van der Waals surface area contributed by atoms with Crippen molar-refractivity contribution in [2.45, 2.75) is 77.3 Å². The topological polar surface area (TPSA) is 122 Å². The van der Waals surface area contributed by atoms with Gasteiger partial charge in [0.05, 0.1) is 18.1 Å². The second-order valence-electron chi connectivity index (χ2n) is 15.1. The molecule has 1 unspecified atom stereocenters. The molecule has 3 fully saturated rings. The largest absolute Gasteiger partial charge is 0.393 e. The Morgan fingerprint density at radius 1 is 1.10 bits per heavy atom. The van der Waals surface area contributed by atoms with Gasteiger partial charge < -0.3 is 14.8 Å². The van der Waals surface area contributed by atoms with Gasteiger partial charge in [-0.15, -0.1) is 11.3 Å². The van der Waals surface area contributed by atoms with Crippen LogP contribution in [-0.4, -0.2) is 104 Å². The molecule has 4 aromatic rings. The maximum Gasteiger partial charge on any atom is 0.393 e. The summed E-state index contributed by atoms with van der Waals surface area (Å²) in [7, 11) is -1.51. The van der Waals surface area contributed by atoms with Crippen LogP contribution in [0.2, 0.25) is 0 Å². The number of fused-ring (bicyclic) bond motifs is 2. The molecule has 2 atom stereocenters. The highest BCUT2D eigenvalue weighted by Gasteiger charge is 2.44. The van der Waals surface area contributed by atoms with Crippen molar-refractivity contribution in [1.82, 2.24) is 29.1 Å². The Morgan fingerprint density at radius 3 is 2.54 bits per heavy atom. The van der Waals surface area contributed by atoms with E-state index in [2.05, 4.69) is 66.3 Å². The maximum absolute atomic E-state index is 13.2. The highest BCUT2D eigenvalue weighted by molar-refractivity contribution is 7.88. The molecule has 1 spiro atoms. The second kappa shape index (κ2) is 14.1. The fourth-order valence-corrected chi connectivity index (χ4v) is 10.5. The van der Waals surface area contributed by atoms with Crippen molar-refractivity contribution >= 4 is 54.2 Å². The number of piperidine rings is 1. The van der Waals surface area contributed by atoms with E-state index in [1.165, 1.54) is 17.4 Å². The molecule has 3 aliphatic rings. The smallest absolute Gasteiger partial charge is 0.357 e. The number of hydrogen-bond donors (Lipinski definition) is 2. The van der Waals surface area contributed by atoms with Crippen LogP contribution in [0.25, 0.3) is 21.1 Å². The van der Waals surface area contributed by atoms with E-state index in [1.54, 1.807) is 13.1 Å². The van der Waals surface area contributed by atoms with E-state index in [4.69, 9.17) is 4.98 Å². The number of aryl methyl sites for hydroxylation is 1. The predicted molar refractivity (Wildman–Crippen MR) is 199 cm³/mol. The third-order valence-corrected chi connectivity index (χ3v) is 13.0. The normalized spacial score (nSPS) is 21.5. The number of alkyl halides is 3. The number of benzene rings is 1. The third-order valence-electron chi connectivity index (χ3n) is 11.2. The molecule has 16 heteroatoms. The first-order chi connectivity index (χ1) is 24.6. The fourth-order valence-electron chi connectivity index (χ4n) is 8.57. The zero-order valence-corrected chi connectivity index (χ0v) is 31.7. The molecule has 52 heavy (non-hydrogen) atoms. The standard InChI is InChI=1S/C36H46F3N9O2S2/c1-23(46-11-7-26(8-12-46)44-52(4,49)50)19-48-27(18-40)15-29-24(2)25(5-6-31(29)48)20-45-13-9-35(21-45)10-14-47(22-35)32-30-16-28(17-36(37,38)39)51-33(30)43-34(41-3)42-32/h5-6,15-16,23,26,44H,7-14,17,19-22H2,1-4H3,(H,41,42,43)/t23-,35?/m0/s1. The molecule has 0 aliphatic carbocycles. The lowest BCUT2D eigenvalue weighted by molar-refractivity contribution is -0.126. The maximum atomic E-state index is 13.2. The zero-order chi connectivity index (χ0) is 37.0. The van der Waals surface area contributed by atoms with Gasteiger partial charge in [0.1, 0.15) is 22.4 Å². The van der Waals surface area contributed by atoms with Gasteiger partial charge in [0.15, 0.2) is 0 Å². The summed E-state index contributed by atoms with van der Waals surface area (Å²) in [6, 6.07) is 10.5. The number of sulfonamides is 1. The van der Waals surface area contributed by atoms with E-state index in [1.807, 2.05) is 6.07 Å². The highest BCUT2D eigenvalue weighted by Crippen LogP contribution is 2.44. The van der Waals surface area contributed by atoms with Crippen molar-refractivity contribution in [3.63, 3.8) is 0 Å². The minimum absolute atomic E-state index is 0.0370. The molecule has 1 aromatic carbocycles. The molecule has 0 saturated carbocycles. The van der Waals surface area contributed by atoms with E-state index in [9.17, 15) is 26.9 Å². The third kappa shape index (κ3) is 7.75. The van der Waals surface area contributed by atoms with Gasteiger partial charge in [0.2, 0.25) is 16.0 Å². The number of anilines is 2. The van der Waals surface area contributed by atoms with Gasteiger partial charge in [-0.25, -0.2) is 18.1 Å². The summed E-state index contributed by atoms with van der Waals surface area (Å²) in [5.41, 5.74) is 4.17. The van der Waals surface area contributed by atoms with Gasteiger partial charge in [0.25, 0.3) is 0 Å². The van der Waals surface area contributed by atoms with Gasteiger partial charge in [-0.05, 0) is 75.4 Å². The van der Waals surface area contributed by atoms with E-state index in [-0.39, 0.29) is 22.4 Å². The number of thiophene rings is 1. The van der Waals surface area contributed by atoms with Gasteiger partial charge >= 0.3 is 6.18 Å². The molecule has 0 radical (unpaired) electrons. The molecule has 3 aliphatic heterocycles. The van der Waals surface area contributed by atoms with Crippen molar-refractivity contribution in [3.8, 4) is 6.07 Å². The number of rotatable bonds is 10. The predicted octanol–water partition coefficient (Wildman–Crippen LogP) is 5.48. The van der Waals surface area contributed by atoms with Crippen LogP contribution in [0, 0.1) is 23.7 Å². The molecule has 2 N–H and O–H groups in total. The van der Waals surface area contributed by atoms with Crippen molar-refractivity contribution in [3.05, 3.63) is 46.0 Å². The lowest BCUT2D eigenvalue weighted by Gasteiger charge is -2.36. The lowest BCUT2D eigenvalue weighted by Crippen LogP contribution is -2.48. The number of nitrogens with zero attached hydrogens (tertiary/aromatic N) is 7. The summed E-state index contributed by atoms with van der Waals surface area (Å²) in [6.07, 6.45) is -0.506. The summed E-state index contributed by atoms with van der Waals surface area (Å²) in [5, 5.41) is 14.9. The van der Waals surface area contributed by atoms with Gasteiger partial charge in [-0.1, -0.05) is 6.07 Å². The molecule has 11 nitrogen and oxygen atoms in total. The molecular formula is C36H46F3N9O2S2. The highest BCUT2D eigenvalue weighted by atomic mass is 32.2. The number of nitrogens with one attached hydrogen (secondary N) is 2. The molecule has 3 aromatic heterocycles. The minimum Gasteiger partial charge on any atom is -0.357 e. The minimum atomic E-state index is -4.28. The van der Waals surface area contributed by atoms with Crippen LogP contribution in [0.4, 0.5) is 24.9 Å². The average molecular weight is 758 g/mol. The summed E-state index contributed by atoms with van der Waals surface area (Å²) in [5.74, 6) is 1.12. The van der Waals surface area contributed by atoms with Crippen LogP contribution < -0.4 is 14.9 Å². The molecular weight excluding hydrogens is 712 g/mol. The van der Waals surface area contributed by atoms with Crippen LogP contribution in [0.3, 0.4) is 0 Å². The fraction of sp³-hybridized carbons (Fsp3) is 0.583. The molecule has 0 amide bonds. The van der Waals surface area contributed by atoms with Crippen LogP contribution in [0.5, 0.6) is 0 Å². The SMILES string of the molecule is CNc1nc(N2CCC3(CCN(Cc4ccc5c(cc(C#N)n5C[C@H](C)N5CCC(NS(C)(=O)=O)CC5)c4C)C3)C2)c2cc(CC(F)(F)F)sc2n1. The summed E-state index contributed by atoms with van der Waals surface area (Å²) in [4.78, 5) is 17.1. The van der Waals surface area contributed by atoms with E-state index in [0.29, 0.717) is 34.2 Å². The molecule has 7 rings (SSSR count). The molecule has 3 saturated heterocycles. The Bertz CT molecular complexity index is 2120. The number of hydrogen-bond acceptors (Lipinski definition) is 10. The molecule has 0 bridgehead atoms. The number of nitriles is 1. The van der Waals surface area contributed by atoms with Crippen molar-refractivity contribution in [2.75, 3.05) is 62.8 Å². The second-order valence-corrected chi connectivity index (χ2v) is 18.0. The summed E-state index contributed by atoms with van der Waals surface area (Å²) >= 11 is 1.08. The zero-order valence-electron chi connectivity index (χ0n) is 30.1. The van der Waals surface area contributed by atoms with Gasteiger partial charge in [0, 0.05) is 86.1 Å². The van der Waals surface area contributed by atoms with Crippen LogP contribution in [0.1, 0.15) is 54.3 Å². The van der Waals surface area contributed by atoms with Gasteiger partial charge in [-0.3, -0.25) is 9.80 Å².